The molecular weight excluding hydrogens is 316 g/mol. The van der Waals surface area contributed by atoms with E-state index in [0.29, 0.717) is 5.69 Å². The lowest BCUT2D eigenvalue weighted by atomic mass is 10.1. The number of pyridine rings is 1. The number of carbonyl (C=O) groups is 1. The van der Waals surface area contributed by atoms with Crippen molar-refractivity contribution < 1.29 is 13.6 Å². The fourth-order valence-electron chi connectivity index (χ4n) is 2.69. The fraction of sp³-hybridized carbons (Fsp3) is 0.294. The van der Waals surface area contributed by atoms with Gasteiger partial charge in [-0.2, -0.15) is 0 Å². The second-order valence-electron chi connectivity index (χ2n) is 6.09. The third-order valence-corrected chi connectivity index (χ3v) is 4.01. The number of alkyl halides is 1. The molecule has 1 aromatic carbocycles. The summed E-state index contributed by atoms with van der Waals surface area (Å²) in [6.45, 7) is 1.71. The van der Waals surface area contributed by atoms with Gasteiger partial charge in [0.05, 0.1) is 17.9 Å². The van der Waals surface area contributed by atoms with Crippen molar-refractivity contribution in [1.29, 1.82) is 0 Å². The molecule has 1 saturated heterocycles. The highest BCUT2D eigenvalue weighted by Crippen LogP contribution is 2.25. The molecule has 3 rings (SSSR count). The number of nitrogens with one attached hydrogen (secondary N) is 1. The first-order valence-corrected chi connectivity index (χ1v) is 7.58. The van der Waals surface area contributed by atoms with Crippen LogP contribution in [0.4, 0.5) is 19.3 Å². The second-order valence-corrected chi connectivity index (χ2v) is 6.09. The van der Waals surface area contributed by atoms with Crippen molar-refractivity contribution in [1.82, 2.24) is 9.47 Å². The summed E-state index contributed by atoms with van der Waals surface area (Å²) in [4.78, 5) is 25.2. The number of aromatic nitrogens is 1. The zero-order valence-electron chi connectivity index (χ0n) is 13.1. The number of amides is 2. The minimum Gasteiger partial charge on any atom is -0.321 e. The SMILES string of the molecule is CC1(F)CCN(C(=O)Nc2ccc(-n3ccccc3=O)cc2F)C1. The lowest BCUT2D eigenvalue weighted by Gasteiger charge is -2.18. The van der Waals surface area contributed by atoms with Gasteiger partial charge in [0.2, 0.25) is 0 Å². The average Bonchev–Trinajstić information content (AvgIpc) is 2.90. The highest BCUT2D eigenvalue weighted by atomic mass is 19.1. The number of likely N-dealkylation sites (tertiary alicyclic amines) is 1. The Morgan fingerprint density at radius 3 is 2.71 bits per heavy atom. The normalized spacial score (nSPS) is 20.2. The molecule has 1 atom stereocenters. The molecule has 1 N–H and O–H groups in total. The van der Waals surface area contributed by atoms with E-state index in [0.717, 1.165) is 0 Å². The van der Waals surface area contributed by atoms with Gasteiger partial charge >= 0.3 is 6.03 Å². The molecule has 0 bridgehead atoms. The number of rotatable bonds is 2. The van der Waals surface area contributed by atoms with Crippen LogP contribution < -0.4 is 10.9 Å². The van der Waals surface area contributed by atoms with Gasteiger partial charge in [0.25, 0.3) is 5.56 Å². The van der Waals surface area contributed by atoms with E-state index < -0.39 is 17.5 Å². The second kappa shape index (κ2) is 6.07. The molecule has 1 unspecified atom stereocenters. The zero-order chi connectivity index (χ0) is 17.3. The van der Waals surface area contributed by atoms with Crippen LogP contribution in [0, 0.1) is 5.82 Å². The van der Waals surface area contributed by atoms with Gasteiger partial charge in [-0.3, -0.25) is 9.36 Å². The first-order valence-electron chi connectivity index (χ1n) is 7.58. The molecule has 0 saturated carbocycles. The Hall–Kier alpha value is -2.70. The third-order valence-electron chi connectivity index (χ3n) is 4.01. The van der Waals surface area contributed by atoms with Gasteiger partial charge in [-0.05, 0) is 25.1 Å². The van der Waals surface area contributed by atoms with E-state index in [1.54, 1.807) is 12.1 Å². The molecule has 0 radical (unpaired) electrons. The fourth-order valence-corrected chi connectivity index (χ4v) is 2.69. The highest BCUT2D eigenvalue weighted by molar-refractivity contribution is 5.89. The smallest absolute Gasteiger partial charge is 0.321 e. The maximum atomic E-state index is 14.2. The van der Waals surface area contributed by atoms with Gasteiger partial charge in [0, 0.05) is 31.3 Å². The van der Waals surface area contributed by atoms with Crippen molar-refractivity contribution >= 4 is 11.7 Å². The summed E-state index contributed by atoms with van der Waals surface area (Å²) in [7, 11) is 0. The predicted molar refractivity (Wildman–Crippen MR) is 86.7 cm³/mol. The molecule has 2 amide bonds. The molecule has 2 heterocycles. The molecule has 1 aromatic heterocycles. The number of hydrogen-bond acceptors (Lipinski definition) is 2. The maximum Gasteiger partial charge on any atom is 0.322 e. The molecule has 7 heteroatoms. The Morgan fingerprint density at radius 2 is 2.08 bits per heavy atom. The van der Waals surface area contributed by atoms with Crippen molar-refractivity contribution in [2.75, 3.05) is 18.4 Å². The number of carbonyl (C=O) groups excluding carboxylic acids is 1. The van der Waals surface area contributed by atoms with Gasteiger partial charge in [-0.25, -0.2) is 13.6 Å². The minimum absolute atomic E-state index is 0.0137. The number of anilines is 1. The molecule has 1 aliphatic heterocycles. The zero-order valence-corrected chi connectivity index (χ0v) is 13.1. The summed E-state index contributed by atoms with van der Waals surface area (Å²) in [5.74, 6) is -0.668. The van der Waals surface area contributed by atoms with Crippen molar-refractivity contribution in [2.45, 2.75) is 19.0 Å². The lowest BCUT2D eigenvalue weighted by Crippen LogP contribution is -2.35. The van der Waals surface area contributed by atoms with E-state index in [1.807, 2.05) is 0 Å². The van der Waals surface area contributed by atoms with Crippen LogP contribution in [0.15, 0.2) is 47.4 Å². The van der Waals surface area contributed by atoms with Crippen LogP contribution in [0.2, 0.25) is 0 Å². The topological polar surface area (TPSA) is 54.3 Å². The molecule has 126 valence electrons. The van der Waals surface area contributed by atoms with Crippen LogP contribution in [-0.4, -0.2) is 34.3 Å². The molecule has 1 fully saturated rings. The van der Waals surface area contributed by atoms with Crippen molar-refractivity contribution in [3.05, 3.63) is 58.8 Å². The number of hydrogen-bond donors (Lipinski definition) is 1. The third kappa shape index (κ3) is 3.29. The standard InChI is InChI=1S/C17H17F2N3O2/c1-17(19)7-9-21(11-17)16(24)20-14-6-5-12(10-13(14)18)22-8-3-2-4-15(22)23/h2-6,8,10H,7,9,11H2,1H3,(H,20,24). The molecule has 1 aliphatic rings. The summed E-state index contributed by atoms with van der Waals surface area (Å²) in [5, 5.41) is 2.44. The summed E-state index contributed by atoms with van der Waals surface area (Å²) in [6.07, 6.45) is 1.79. The largest absolute Gasteiger partial charge is 0.322 e. The van der Waals surface area contributed by atoms with Gasteiger partial charge in [0.1, 0.15) is 11.5 Å². The Kier molecular flexibility index (Phi) is 4.09. The first-order chi connectivity index (χ1) is 11.4. The summed E-state index contributed by atoms with van der Waals surface area (Å²) < 4.78 is 29.3. The number of urea groups is 1. The Balaban J connectivity index is 1.77. The molecule has 5 nitrogen and oxygen atoms in total. The van der Waals surface area contributed by atoms with Gasteiger partial charge < -0.3 is 10.2 Å². The van der Waals surface area contributed by atoms with Crippen LogP contribution in [-0.2, 0) is 0 Å². The van der Waals surface area contributed by atoms with Crippen molar-refractivity contribution in [3.63, 3.8) is 0 Å². The lowest BCUT2D eigenvalue weighted by molar-refractivity contribution is 0.186. The number of benzene rings is 1. The Morgan fingerprint density at radius 1 is 1.29 bits per heavy atom. The van der Waals surface area contributed by atoms with Crippen LogP contribution in [0.3, 0.4) is 0 Å². The van der Waals surface area contributed by atoms with Crippen LogP contribution in [0.25, 0.3) is 5.69 Å². The quantitative estimate of drug-likeness (QED) is 0.919. The monoisotopic (exact) mass is 333 g/mol. The van der Waals surface area contributed by atoms with E-state index in [2.05, 4.69) is 5.32 Å². The molecular formula is C17H17F2N3O2. The van der Waals surface area contributed by atoms with E-state index >= 15 is 0 Å². The molecule has 0 spiro atoms. The summed E-state index contributed by atoms with van der Waals surface area (Å²) in [6, 6.07) is 8.17. The van der Waals surface area contributed by atoms with E-state index in [1.165, 1.54) is 46.9 Å². The van der Waals surface area contributed by atoms with Gasteiger partial charge in [-0.1, -0.05) is 6.07 Å². The van der Waals surface area contributed by atoms with Crippen LogP contribution in [0.5, 0.6) is 0 Å². The van der Waals surface area contributed by atoms with Gasteiger partial charge in [0.15, 0.2) is 0 Å². The van der Waals surface area contributed by atoms with E-state index in [9.17, 15) is 18.4 Å². The Bertz CT molecular complexity index is 833. The highest BCUT2D eigenvalue weighted by Gasteiger charge is 2.36. The molecule has 24 heavy (non-hydrogen) atoms. The van der Waals surface area contributed by atoms with Gasteiger partial charge in [-0.15, -0.1) is 0 Å². The minimum atomic E-state index is -1.41. The van der Waals surface area contributed by atoms with Crippen LogP contribution >= 0.6 is 0 Å². The van der Waals surface area contributed by atoms with E-state index in [-0.39, 0.29) is 30.8 Å². The van der Waals surface area contributed by atoms with Crippen LogP contribution in [0.1, 0.15) is 13.3 Å². The number of nitrogens with zero attached hydrogens (tertiary/aromatic N) is 2. The average molecular weight is 333 g/mol. The van der Waals surface area contributed by atoms with Crippen molar-refractivity contribution in [2.24, 2.45) is 0 Å². The first kappa shape index (κ1) is 16.2. The molecule has 2 aromatic rings. The molecule has 0 aliphatic carbocycles. The van der Waals surface area contributed by atoms with Crippen molar-refractivity contribution in [3.8, 4) is 5.69 Å². The predicted octanol–water partition coefficient (Wildman–Crippen LogP) is 2.94. The van der Waals surface area contributed by atoms with E-state index in [4.69, 9.17) is 0 Å². The summed E-state index contributed by atoms with van der Waals surface area (Å²) in [5.41, 5.74) is -1.35. The Labute approximate surface area is 137 Å². The summed E-state index contributed by atoms with van der Waals surface area (Å²) >= 11 is 0. The number of halogens is 2. The maximum absolute atomic E-state index is 14.2.